The Kier molecular flexibility index (Phi) is 3.41. The van der Waals surface area contributed by atoms with Crippen LogP contribution in [0.2, 0.25) is 0 Å². The molecule has 0 aromatic heterocycles. The average Bonchev–Trinajstić information content (AvgIpc) is 1.62. The van der Waals surface area contributed by atoms with Crippen LogP contribution in [-0.4, -0.2) is 16.0 Å². The molecule has 0 saturated carbocycles. The molecule has 0 amide bonds. The maximum absolute atomic E-state index is 11.3. The van der Waals surface area contributed by atoms with Crippen LogP contribution in [0.5, 0.6) is 0 Å². The second kappa shape index (κ2) is 3.10. The fourth-order valence-corrected chi connectivity index (χ4v) is 0.587. The van der Waals surface area contributed by atoms with Gasteiger partial charge in [0.1, 0.15) is 5.38 Å². The second-order valence-electron chi connectivity index (χ2n) is 1.16. The Bertz CT molecular complexity index is 71.4. The lowest BCUT2D eigenvalue weighted by Gasteiger charge is -2.08. The Labute approximate surface area is 63.5 Å². The zero-order valence-electron chi connectivity index (χ0n) is 3.67. The summed E-state index contributed by atoms with van der Waals surface area (Å²) < 4.78 is 33.8. The molecule has 0 nitrogen and oxygen atoms in total. The van der Waals surface area contributed by atoms with Crippen LogP contribution in [0.4, 0.5) is 13.2 Å². The molecule has 0 radical (unpaired) electrons. The van der Waals surface area contributed by atoms with E-state index in [0.29, 0.717) is 0 Å². The number of halogens is 5. The maximum atomic E-state index is 11.3. The second-order valence-corrected chi connectivity index (χ2v) is 2.57. The molecule has 8 heavy (non-hydrogen) atoms. The van der Waals surface area contributed by atoms with Gasteiger partial charge < -0.3 is 0 Å². The first-order chi connectivity index (χ1) is 3.48. The molecule has 0 fully saturated rings. The maximum Gasteiger partial charge on any atom is 0.405 e. The molecule has 0 aliphatic rings. The minimum Gasteiger partial charge on any atom is -0.169 e. The van der Waals surface area contributed by atoms with Gasteiger partial charge >= 0.3 is 6.18 Å². The van der Waals surface area contributed by atoms with Gasteiger partial charge in [-0.15, -0.1) is 11.6 Å². The summed E-state index contributed by atoms with van der Waals surface area (Å²) in [6.07, 6.45) is -4.23. The van der Waals surface area contributed by atoms with Gasteiger partial charge in [0, 0.05) is 4.43 Å². The van der Waals surface area contributed by atoms with Crippen molar-refractivity contribution < 1.29 is 13.2 Å². The lowest BCUT2D eigenvalue weighted by atomic mass is 10.5. The Hall–Kier alpha value is 0.810. The van der Waals surface area contributed by atoms with Crippen molar-refractivity contribution in [1.29, 1.82) is 0 Å². The SMILES string of the molecule is FC(F)(F)C(Cl)CI. The van der Waals surface area contributed by atoms with Crippen LogP contribution in [0, 0.1) is 0 Å². The highest BCUT2D eigenvalue weighted by molar-refractivity contribution is 14.1. The average molecular weight is 258 g/mol. The number of rotatable bonds is 1. The minimum absolute atomic E-state index is 0.0944. The van der Waals surface area contributed by atoms with E-state index < -0.39 is 11.6 Å². The predicted octanol–water partition coefficient (Wildman–Crippen LogP) is 2.59. The van der Waals surface area contributed by atoms with Gasteiger partial charge in [-0.3, -0.25) is 0 Å². The first kappa shape index (κ1) is 8.81. The third-order valence-electron chi connectivity index (χ3n) is 0.491. The van der Waals surface area contributed by atoms with E-state index in [1.54, 1.807) is 22.6 Å². The van der Waals surface area contributed by atoms with Crippen molar-refractivity contribution in [2.24, 2.45) is 0 Å². The van der Waals surface area contributed by atoms with Crippen molar-refractivity contribution in [3.63, 3.8) is 0 Å². The topological polar surface area (TPSA) is 0 Å². The zero-order chi connectivity index (χ0) is 6.78. The van der Waals surface area contributed by atoms with E-state index in [2.05, 4.69) is 0 Å². The monoisotopic (exact) mass is 258 g/mol. The van der Waals surface area contributed by atoms with Crippen molar-refractivity contribution in [1.82, 2.24) is 0 Å². The third kappa shape index (κ3) is 2.96. The van der Waals surface area contributed by atoms with Crippen molar-refractivity contribution in [2.75, 3.05) is 4.43 Å². The van der Waals surface area contributed by atoms with Gasteiger partial charge in [0.25, 0.3) is 0 Å². The first-order valence-electron chi connectivity index (χ1n) is 1.75. The molecule has 0 rings (SSSR count). The lowest BCUT2D eigenvalue weighted by molar-refractivity contribution is -0.125. The predicted molar refractivity (Wildman–Crippen MR) is 34.6 cm³/mol. The van der Waals surface area contributed by atoms with Gasteiger partial charge in [0.15, 0.2) is 0 Å². The quantitative estimate of drug-likeness (QED) is 0.501. The van der Waals surface area contributed by atoms with Crippen LogP contribution in [0.3, 0.4) is 0 Å². The molecule has 0 bridgehead atoms. The van der Waals surface area contributed by atoms with Crippen molar-refractivity contribution in [2.45, 2.75) is 11.6 Å². The van der Waals surface area contributed by atoms with Gasteiger partial charge in [-0.05, 0) is 0 Å². The van der Waals surface area contributed by atoms with Crippen LogP contribution < -0.4 is 0 Å². The Morgan fingerprint density at radius 3 is 1.88 bits per heavy atom. The van der Waals surface area contributed by atoms with Crippen LogP contribution in [0.25, 0.3) is 0 Å². The summed E-state index contributed by atoms with van der Waals surface area (Å²) in [5, 5.41) is -1.69. The van der Waals surface area contributed by atoms with Gasteiger partial charge in [0.05, 0.1) is 0 Å². The van der Waals surface area contributed by atoms with Crippen molar-refractivity contribution in [3.8, 4) is 0 Å². The molecule has 0 heterocycles. The lowest BCUT2D eigenvalue weighted by Crippen LogP contribution is -2.24. The summed E-state index contributed by atoms with van der Waals surface area (Å²) >= 11 is 6.40. The molecule has 0 aliphatic heterocycles. The van der Waals surface area contributed by atoms with E-state index in [-0.39, 0.29) is 4.43 Å². The number of hydrogen-bond donors (Lipinski definition) is 0. The van der Waals surface area contributed by atoms with E-state index in [4.69, 9.17) is 11.6 Å². The number of alkyl halides is 5. The molecule has 0 spiro atoms. The van der Waals surface area contributed by atoms with Crippen molar-refractivity contribution >= 4 is 34.2 Å². The highest BCUT2D eigenvalue weighted by atomic mass is 127. The summed E-state index contributed by atoms with van der Waals surface area (Å²) in [6.45, 7) is 0. The van der Waals surface area contributed by atoms with E-state index in [9.17, 15) is 13.2 Å². The smallest absolute Gasteiger partial charge is 0.169 e. The van der Waals surface area contributed by atoms with E-state index in [1.807, 2.05) is 0 Å². The number of hydrogen-bond acceptors (Lipinski definition) is 0. The van der Waals surface area contributed by atoms with Crippen LogP contribution in [0.1, 0.15) is 0 Å². The summed E-state index contributed by atoms with van der Waals surface area (Å²) in [5.41, 5.74) is 0. The molecular formula is C3H3ClF3I. The minimum atomic E-state index is -4.23. The van der Waals surface area contributed by atoms with Crippen LogP contribution >= 0.6 is 34.2 Å². The van der Waals surface area contributed by atoms with Gasteiger partial charge in [-0.2, -0.15) is 13.2 Å². The van der Waals surface area contributed by atoms with Crippen molar-refractivity contribution in [3.05, 3.63) is 0 Å². The fourth-order valence-electron chi connectivity index (χ4n) is 0.0875. The normalized spacial score (nSPS) is 16.1. The molecule has 0 aliphatic carbocycles. The van der Waals surface area contributed by atoms with Gasteiger partial charge in [-0.25, -0.2) is 0 Å². The summed E-state index contributed by atoms with van der Waals surface area (Å²) in [6, 6.07) is 0. The van der Waals surface area contributed by atoms with E-state index in [1.165, 1.54) is 0 Å². The molecule has 5 heteroatoms. The summed E-state index contributed by atoms with van der Waals surface area (Å²) in [4.78, 5) is 0. The molecule has 50 valence electrons. The molecule has 0 N–H and O–H groups in total. The van der Waals surface area contributed by atoms with Crippen LogP contribution in [-0.2, 0) is 0 Å². The highest BCUT2D eigenvalue weighted by Crippen LogP contribution is 2.25. The molecule has 0 aromatic carbocycles. The zero-order valence-corrected chi connectivity index (χ0v) is 6.59. The summed E-state index contributed by atoms with van der Waals surface area (Å²) in [5.74, 6) is 0. The third-order valence-corrected chi connectivity index (χ3v) is 2.29. The molecule has 1 unspecified atom stereocenters. The summed E-state index contributed by atoms with van der Waals surface area (Å²) in [7, 11) is 0. The van der Waals surface area contributed by atoms with E-state index in [0.717, 1.165) is 0 Å². The Morgan fingerprint density at radius 2 is 1.88 bits per heavy atom. The largest absolute Gasteiger partial charge is 0.405 e. The first-order valence-corrected chi connectivity index (χ1v) is 3.71. The fraction of sp³-hybridized carbons (Fsp3) is 1.00. The van der Waals surface area contributed by atoms with Crippen LogP contribution in [0.15, 0.2) is 0 Å². The molecule has 0 saturated heterocycles. The molecular weight excluding hydrogens is 255 g/mol. The molecule has 1 atom stereocenters. The Balaban J connectivity index is 3.62. The van der Waals surface area contributed by atoms with Gasteiger partial charge in [-0.1, -0.05) is 22.6 Å². The van der Waals surface area contributed by atoms with Gasteiger partial charge in [0.2, 0.25) is 0 Å². The standard InChI is InChI=1S/C3H3ClF3I/c4-2(1-8)3(5,6)7/h2H,1H2. The van der Waals surface area contributed by atoms with E-state index >= 15 is 0 Å². The molecule has 0 aromatic rings. The Morgan fingerprint density at radius 1 is 1.50 bits per heavy atom. The highest BCUT2D eigenvalue weighted by Gasteiger charge is 2.36.